The number of carbonyl (C=O) groups excluding carboxylic acids is 2. The van der Waals surface area contributed by atoms with Crippen LogP contribution in [0, 0.1) is 0 Å². The zero-order valence-electron chi connectivity index (χ0n) is 17.5. The van der Waals surface area contributed by atoms with Crippen LogP contribution in [0.2, 0.25) is 0 Å². The Kier molecular flexibility index (Phi) is 10.3. The van der Waals surface area contributed by atoms with Crippen LogP contribution in [-0.2, 0) is 0 Å². The van der Waals surface area contributed by atoms with Crippen LogP contribution in [0.4, 0.5) is 0 Å². The lowest BCUT2D eigenvalue weighted by Gasteiger charge is -2.15. The molecular weight excluding hydrogens is 482 g/mol. The Labute approximate surface area is 196 Å². The highest BCUT2D eigenvalue weighted by molar-refractivity contribution is 9.10. The number of nitrogens with one attached hydrogen (secondary N) is 3. The maximum atomic E-state index is 12.7. The summed E-state index contributed by atoms with van der Waals surface area (Å²) in [4.78, 5) is 25.2. The maximum Gasteiger partial charge on any atom is 0.273 e. The van der Waals surface area contributed by atoms with Crippen molar-refractivity contribution in [3.05, 3.63) is 58.1 Å². The third-order valence-corrected chi connectivity index (χ3v) is 4.75. The largest absolute Gasteiger partial charge is 0.493 e. The molecule has 0 heterocycles. The highest BCUT2D eigenvalue weighted by Gasteiger charge is 2.16. The normalized spacial score (nSPS) is 10.2. The van der Waals surface area contributed by atoms with Gasteiger partial charge in [0.25, 0.3) is 11.8 Å². The average Bonchev–Trinajstić information content (AvgIpc) is 2.77. The summed E-state index contributed by atoms with van der Waals surface area (Å²) in [7, 11) is 0. The lowest BCUT2D eigenvalue weighted by molar-refractivity contribution is 0.0930. The van der Waals surface area contributed by atoms with Crippen molar-refractivity contribution in [2.45, 2.75) is 33.1 Å². The van der Waals surface area contributed by atoms with E-state index in [1.807, 2.05) is 6.92 Å². The van der Waals surface area contributed by atoms with E-state index in [0.29, 0.717) is 35.8 Å². The number of amides is 2. The zero-order valence-corrected chi connectivity index (χ0v) is 19.9. The molecule has 0 unspecified atom stereocenters. The molecule has 31 heavy (non-hydrogen) atoms. The summed E-state index contributed by atoms with van der Waals surface area (Å²) in [6, 6.07) is 12.1. The molecule has 0 bridgehead atoms. The number of thiocarbonyl (C=S) groups is 1. The molecule has 0 fully saturated rings. The van der Waals surface area contributed by atoms with E-state index in [1.54, 1.807) is 42.5 Å². The molecule has 0 atom stereocenters. The van der Waals surface area contributed by atoms with Gasteiger partial charge in [-0.05, 0) is 55.4 Å². The summed E-state index contributed by atoms with van der Waals surface area (Å²) in [5.74, 6) is 0.0465. The van der Waals surface area contributed by atoms with E-state index in [9.17, 15) is 9.59 Å². The Morgan fingerprint density at radius 1 is 0.903 bits per heavy atom. The van der Waals surface area contributed by atoms with Gasteiger partial charge in [-0.2, -0.15) is 0 Å². The highest BCUT2D eigenvalue weighted by Crippen LogP contribution is 2.23. The van der Waals surface area contributed by atoms with Crippen LogP contribution in [0.5, 0.6) is 11.5 Å². The molecule has 7 nitrogen and oxygen atoms in total. The van der Waals surface area contributed by atoms with Crippen molar-refractivity contribution in [2.24, 2.45) is 0 Å². The maximum absolute atomic E-state index is 12.7. The standard InChI is InChI=1S/C22H26BrN3O4S/c1-3-5-13-30-19-11-10-15(23)14-17(19)20(27)24-22(31)26-25-21(28)16-8-6-7-9-18(16)29-12-4-2/h6-11,14H,3-5,12-13H2,1-2H3,(H,25,28)(H2,24,26,27,31). The molecule has 0 aliphatic heterocycles. The third kappa shape index (κ3) is 7.84. The number of ether oxygens (including phenoxy) is 2. The molecular formula is C22H26BrN3O4S. The van der Waals surface area contributed by atoms with Crippen molar-refractivity contribution < 1.29 is 19.1 Å². The van der Waals surface area contributed by atoms with E-state index in [-0.39, 0.29) is 5.11 Å². The summed E-state index contributed by atoms with van der Waals surface area (Å²) in [5.41, 5.74) is 5.71. The van der Waals surface area contributed by atoms with Gasteiger partial charge in [-0.3, -0.25) is 25.8 Å². The van der Waals surface area contributed by atoms with Crippen molar-refractivity contribution in [3.8, 4) is 11.5 Å². The smallest absolute Gasteiger partial charge is 0.273 e. The fraction of sp³-hybridized carbons (Fsp3) is 0.318. The van der Waals surface area contributed by atoms with Crippen molar-refractivity contribution in [1.29, 1.82) is 0 Å². The van der Waals surface area contributed by atoms with Crippen LogP contribution < -0.4 is 25.6 Å². The Morgan fingerprint density at radius 3 is 2.35 bits per heavy atom. The summed E-state index contributed by atoms with van der Waals surface area (Å²) >= 11 is 8.50. The minimum absolute atomic E-state index is 0.0511. The van der Waals surface area contributed by atoms with Gasteiger partial charge in [0, 0.05) is 4.47 Å². The molecule has 3 N–H and O–H groups in total. The van der Waals surface area contributed by atoms with Gasteiger partial charge in [0.1, 0.15) is 11.5 Å². The van der Waals surface area contributed by atoms with Crippen LogP contribution in [0.1, 0.15) is 53.8 Å². The molecule has 0 spiro atoms. The molecule has 2 aromatic carbocycles. The molecule has 2 rings (SSSR count). The average molecular weight is 508 g/mol. The molecule has 0 aliphatic rings. The van der Waals surface area contributed by atoms with E-state index in [2.05, 4.69) is 39.0 Å². The van der Waals surface area contributed by atoms with E-state index in [0.717, 1.165) is 23.7 Å². The summed E-state index contributed by atoms with van der Waals surface area (Å²) < 4.78 is 12.0. The van der Waals surface area contributed by atoms with Crippen LogP contribution in [0.15, 0.2) is 46.9 Å². The van der Waals surface area contributed by atoms with E-state index in [1.165, 1.54) is 0 Å². The van der Waals surface area contributed by atoms with E-state index < -0.39 is 11.8 Å². The number of para-hydroxylation sites is 1. The second-order valence-corrected chi connectivity index (χ2v) is 7.87. The van der Waals surface area contributed by atoms with Gasteiger partial charge >= 0.3 is 0 Å². The van der Waals surface area contributed by atoms with E-state index >= 15 is 0 Å². The Balaban J connectivity index is 1.97. The van der Waals surface area contributed by atoms with Crippen LogP contribution >= 0.6 is 28.1 Å². The first-order chi connectivity index (χ1) is 15.0. The van der Waals surface area contributed by atoms with Gasteiger partial charge in [-0.1, -0.05) is 48.3 Å². The Morgan fingerprint density at radius 2 is 1.61 bits per heavy atom. The summed E-state index contributed by atoms with van der Waals surface area (Å²) in [6.07, 6.45) is 2.69. The first-order valence-corrected chi connectivity index (χ1v) is 11.2. The van der Waals surface area contributed by atoms with Gasteiger partial charge < -0.3 is 9.47 Å². The topological polar surface area (TPSA) is 88.7 Å². The highest BCUT2D eigenvalue weighted by atomic mass is 79.9. The van der Waals surface area contributed by atoms with Gasteiger partial charge in [0.15, 0.2) is 5.11 Å². The van der Waals surface area contributed by atoms with Gasteiger partial charge in [0.2, 0.25) is 0 Å². The molecule has 0 aliphatic carbocycles. The van der Waals surface area contributed by atoms with Crippen molar-refractivity contribution >= 4 is 45.1 Å². The van der Waals surface area contributed by atoms with Crippen LogP contribution in [-0.4, -0.2) is 30.1 Å². The molecule has 2 amide bonds. The number of rotatable bonds is 9. The molecule has 166 valence electrons. The number of carbonyl (C=O) groups is 2. The predicted molar refractivity (Wildman–Crippen MR) is 127 cm³/mol. The van der Waals surface area contributed by atoms with E-state index in [4.69, 9.17) is 21.7 Å². The number of hydrogen-bond donors (Lipinski definition) is 3. The Hall–Kier alpha value is -2.65. The monoisotopic (exact) mass is 507 g/mol. The lowest BCUT2D eigenvalue weighted by atomic mass is 10.2. The van der Waals surface area contributed by atoms with Gasteiger partial charge in [0.05, 0.1) is 24.3 Å². The zero-order chi connectivity index (χ0) is 22.6. The second kappa shape index (κ2) is 12.9. The van der Waals surface area contributed by atoms with Crippen LogP contribution in [0.25, 0.3) is 0 Å². The SMILES string of the molecule is CCCCOc1ccc(Br)cc1C(=O)NC(=S)NNC(=O)c1ccccc1OCCC. The number of hydrogen-bond acceptors (Lipinski definition) is 5. The quantitative estimate of drug-likeness (QED) is 0.265. The minimum atomic E-state index is -0.453. The number of halogens is 1. The van der Waals surface area contributed by atoms with Crippen molar-refractivity contribution in [1.82, 2.24) is 16.2 Å². The van der Waals surface area contributed by atoms with Gasteiger partial charge in [-0.15, -0.1) is 0 Å². The first-order valence-electron chi connectivity index (χ1n) is 10.0. The molecule has 2 aromatic rings. The van der Waals surface area contributed by atoms with Crippen molar-refractivity contribution in [3.63, 3.8) is 0 Å². The summed E-state index contributed by atoms with van der Waals surface area (Å²) in [6.45, 7) is 5.06. The summed E-state index contributed by atoms with van der Waals surface area (Å²) in [5, 5.41) is 2.49. The van der Waals surface area contributed by atoms with Crippen molar-refractivity contribution in [2.75, 3.05) is 13.2 Å². The molecule has 0 aromatic heterocycles. The number of unbranched alkanes of at least 4 members (excludes halogenated alkanes) is 1. The minimum Gasteiger partial charge on any atom is -0.493 e. The molecule has 9 heteroatoms. The number of benzene rings is 2. The Bertz CT molecular complexity index is 923. The third-order valence-electron chi connectivity index (χ3n) is 4.05. The fourth-order valence-electron chi connectivity index (χ4n) is 2.51. The molecule has 0 saturated heterocycles. The predicted octanol–water partition coefficient (Wildman–Crippen LogP) is 4.37. The first kappa shape index (κ1) is 24.6. The fourth-order valence-corrected chi connectivity index (χ4v) is 3.01. The number of hydrazine groups is 1. The van der Waals surface area contributed by atoms with Gasteiger partial charge in [-0.25, -0.2) is 0 Å². The molecule has 0 radical (unpaired) electrons. The second-order valence-electron chi connectivity index (χ2n) is 6.55. The van der Waals surface area contributed by atoms with Crippen LogP contribution in [0.3, 0.4) is 0 Å². The lowest BCUT2D eigenvalue weighted by Crippen LogP contribution is -2.48. The molecule has 0 saturated carbocycles.